The third kappa shape index (κ3) is 1.90. The fraction of sp³-hybridized carbons (Fsp3) is 1.00. The zero-order valence-electron chi connectivity index (χ0n) is 4.13. The fourth-order valence-corrected chi connectivity index (χ4v) is 0.639. The Morgan fingerprint density at radius 1 is 1.71 bits per heavy atom. The molecule has 1 N–H and O–H groups in total. The lowest BCUT2D eigenvalue weighted by Crippen LogP contribution is -2.01. The molecular weight excluding hydrogens is 92.1 g/mol. The minimum Gasteiger partial charge on any atom is -0.366 e. The van der Waals surface area contributed by atoms with Crippen LogP contribution < -0.4 is 0 Å². The van der Waals surface area contributed by atoms with Crippen LogP contribution in [-0.4, -0.2) is 11.4 Å². The Kier molecular flexibility index (Phi) is 1.30. The van der Waals surface area contributed by atoms with Gasteiger partial charge in [-0.3, -0.25) is 0 Å². The van der Waals surface area contributed by atoms with Crippen molar-refractivity contribution < 1.29 is 10.2 Å². The average molecular weight is 101 g/mol. The first-order valence-electron chi connectivity index (χ1n) is 2.63. The molecule has 0 bridgehead atoms. The molecule has 0 heterocycles. The summed E-state index contributed by atoms with van der Waals surface area (Å²) in [5.41, 5.74) is 0. The van der Waals surface area contributed by atoms with Crippen molar-refractivity contribution >= 4 is 0 Å². The molecule has 0 amide bonds. The third-order valence-corrected chi connectivity index (χ3v) is 1.23. The molecule has 2 nitrogen and oxygen atoms in total. The molecule has 2 heteroatoms. The fourth-order valence-electron chi connectivity index (χ4n) is 0.639. The highest BCUT2D eigenvalue weighted by atomic mass is 16.5. The van der Waals surface area contributed by atoms with Gasteiger partial charge in [0.2, 0.25) is 0 Å². The quantitative estimate of drug-likeness (QED) is 0.506. The average Bonchev–Trinajstić information content (AvgIpc) is 2.17. The van der Waals surface area contributed by atoms with Gasteiger partial charge >= 0.3 is 0 Å². The summed E-state index contributed by atoms with van der Waals surface area (Å²) in [6, 6.07) is 0. The van der Waals surface area contributed by atoms with E-state index in [1.54, 1.807) is 0 Å². The molecule has 0 aromatic rings. The van der Waals surface area contributed by atoms with Crippen molar-refractivity contribution in [1.29, 1.82) is 0 Å². The number of hydrogen-bond acceptors (Lipinski definition) is 1. The van der Waals surface area contributed by atoms with Crippen LogP contribution in [0.1, 0.15) is 19.3 Å². The first-order valence-corrected chi connectivity index (χ1v) is 2.63. The lowest BCUT2D eigenvalue weighted by atomic mass is 10.3. The van der Waals surface area contributed by atoms with Crippen molar-refractivity contribution in [3.05, 3.63) is 0 Å². The van der Waals surface area contributed by atoms with Gasteiger partial charge in [0.25, 0.3) is 0 Å². The van der Waals surface area contributed by atoms with Crippen molar-refractivity contribution in [3.8, 4) is 0 Å². The van der Waals surface area contributed by atoms with Gasteiger partial charge in [-0.05, 0) is 18.8 Å². The summed E-state index contributed by atoms with van der Waals surface area (Å²) in [4.78, 5) is 0. The topological polar surface area (TPSA) is 40.1 Å². The van der Waals surface area contributed by atoms with E-state index >= 15 is 0 Å². The smallest absolute Gasteiger partial charge is 0.189 e. The Labute approximate surface area is 42.8 Å². The molecule has 0 aromatic carbocycles. The molecule has 1 rings (SSSR count). The van der Waals surface area contributed by atoms with E-state index in [0.717, 1.165) is 12.8 Å². The minimum atomic E-state index is -1.31. The summed E-state index contributed by atoms with van der Waals surface area (Å²) < 4.78 is 0. The SMILES string of the molecule is [O]C(O)CC1CC1. The van der Waals surface area contributed by atoms with Crippen LogP contribution in [0.25, 0.3) is 0 Å². The van der Waals surface area contributed by atoms with Gasteiger partial charge in [-0.2, -0.15) is 0 Å². The van der Waals surface area contributed by atoms with E-state index in [4.69, 9.17) is 5.11 Å². The standard InChI is InChI=1S/C5H9O2/c6-5(7)3-4-1-2-4/h4-6H,1-3H2. The number of hydrogen-bond donors (Lipinski definition) is 1. The van der Waals surface area contributed by atoms with Gasteiger partial charge in [0, 0.05) is 6.42 Å². The molecule has 1 saturated carbocycles. The van der Waals surface area contributed by atoms with Crippen molar-refractivity contribution in [2.45, 2.75) is 25.6 Å². The van der Waals surface area contributed by atoms with E-state index in [2.05, 4.69) is 0 Å². The first-order chi connectivity index (χ1) is 3.29. The molecule has 0 aliphatic heterocycles. The van der Waals surface area contributed by atoms with Crippen LogP contribution >= 0.6 is 0 Å². The van der Waals surface area contributed by atoms with E-state index in [1.807, 2.05) is 0 Å². The van der Waals surface area contributed by atoms with Gasteiger partial charge in [0.05, 0.1) is 0 Å². The van der Waals surface area contributed by atoms with Crippen LogP contribution in [0, 0.1) is 5.92 Å². The molecule has 0 saturated heterocycles. The molecule has 1 radical (unpaired) electrons. The number of rotatable bonds is 2. The Morgan fingerprint density at radius 3 is 2.43 bits per heavy atom. The second-order valence-corrected chi connectivity index (χ2v) is 2.13. The molecule has 41 valence electrons. The third-order valence-electron chi connectivity index (χ3n) is 1.23. The molecule has 1 unspecified atom stereocenters. The summed E-state index contributed by atoms with van der Waals surface area (Å²) in [5, 5.41) is 18.1. The Bertz CT molecular complexity index is 57.1. The molecule has 1 atom stereocenters. The second kappa shape index (κ2) is 1.80. The van der Waals surface area contributed by atoms with Crippen molar-refractivity contribution in [2.24, 2.45) is 5.92 Å². The predicted octanol–water partition coefficient (Wildman–Crippen LogP) is 0.535. The molecule has 7 heavy (non-hydrogen) atoms. The minimum absolute atomic E-state index is 0.472. The molecule has 0 spiro atoms. The maximum Gasteiger partial charge on any atom is 0.189 e. The van der Waals surface area contributed by atoms with E-state index in [1.165, 1.54) is 0 Å². The van der Waals surface area contributed by atoms with Gasteiger partial charge in [-0.15, -0.1) is 0 Å². The Hall–Kier alpha value is -0.0800. The molecular formula is C5H9O2. The van der Waals surface area contributed by atoms with Crippen LogP contribution in [-0.2, 0) is 5.11 Å². The van der Waals surface area contributed by atoms with Gasteiger partial charge in [0.15, 0.2) is 6.29 Å². The van der Waals surface area contributed by atoms with Gasteiger partial charge in [-0.1, -0.05) is 0 Å². The zero-order valence-corrected chi connectivity index (χ0v) is 4.13. The summed E-state index contributed by atoms with van der Waals surface area (Å²) in [7, 11) is 0. The highest BCUT2D eigenvalue weighted by Gasteiger charge is 2.23. The van der Waals surface area contributed by atoms with E-state index < -0.39 is 6.29 Å². The highest BCUT2D eigenvalue weighted by Crippen LogP contribution is 2.32. The summed E-state index contributed by atoms with van der Waals surface area (Å²) >= 11 is 0. The van der Waals surface area contributed by atoms with Crippen LogP contribution in [0.5, 0.6) is 0 Å². The Balaban J connectivity index is 1.97. The zero-order chi connectivity index (χ0) is 5.28. The molecule has 1 aliphatic carbocycles. The predicted molar refractivity (Wildman–Crippen MR) is 24.0 cm³/mol. The monoisotopic (exact) mass is 101 g/mol. The molecule has 1 fully saturated rings. The highest BCUT2D eigenvalue weighted by molar-refractivity contribution is 4.72. The van der Waals surface area contributed by atoms with Crippen molar-refractivity contribution in [2.75, 3.05) is 0 Å². The number of aliphatic hydroxyl groups is 1. The molecule has 0 aromatic heterocycles. The van der Waals surface area contributed by atoms with E-state index in [0.29, 0.717) is 12.3 Å². The van der Waals surface area contributed by atoms with Crippen LogP contribution in [0.15, 0.2) is 0 Å². The van der Waals surface area contributed by atoms with E-state index in [9.17, 15) is 5.11 Å². The van der Waals surface area contributed by atoms with Crippen molar-refractivity contribution in [3.63, 3.8) is 0 Å². The molecule has 1 aliphatic rings. The van der Waals surface area contributed by atoms with E-state index in [-0.39, 0.29) is 0 Å². The van der Waals surface area contributed by atoms with Crippen LogP contribution in [0.2, 0.25) is 0 Å². The normalized spacial score (nSPS) is 21.0. The summed E-state index contributed by atoms with van der Waals surface area (Å²) in [6.45, 7) is 0. The van der Waals surface area contributed by atoms with Gasteiger partial charge in [0.1, 0.15) is 0 Å². The maximum absolute atomic E-state index is 9.93. The Morgan fingerprint density at radius 2 is 2.29 bits per heavy atom. The summed E-state index contributed by atoms with van der Waals surface area (Å²) in [6.07, 6.45) is 1.46. The maximum atomic E-state index is 9.93. The lowest BCUT2D eigenvalue weighted by Gasteiger charge is -1.93. The van der Waals surface area contributed by atoms with Crippen molar-refractivity contribution in [1.82, 2.24) is 0 Å². The van der Waals surface area contributed by atoms with Gasteiger partial charge < -0.3 is 5.11 Å². The lowest BCUT2D eigenvalue weighted by molar-refractivity contribution is -0.0987. The second-order valence-electron chi connectivity index (χ2n) is 2.13. The number of aliphatic hydroxyl groups excluding tert-OH is 1. The van der Waals surface area contributed by atoms with Crippen LogP contribution in [0.4, 0.5) is 0 Å². The first kappa shape index (κ1) is 5.06. The van der Waals surface area contributed by atoms with Gasteiger partial charge in [-0.25, -0.2) is 5.11 Å². The summed E-state index contributed by atoms with van der Waals surface area (Å²) in [5.74, 6) is 0.562. The largest absolute Gasteiger partial charge is 0.366 e. The van der Waals surface area contributed by atoms with Crippen LogP contribution in [0.3, 0.4) is 0 Å².